The number of carbonyl (C=O) groups excluding carboxylic acids is 1. The molecule has 0 radical (unpaired) electrons. The van der Waals surface area contributed by atoms with E-state index in [9.17, 15) is 9.18 Å². The molecular weight excluding hydrogens is 343 g/mol. The van der Waals surface area contributed by atoms with Crippen LogP contribution in [-0.4, -0.2) is 28.1 Å². The zero-order chi connectivity index (χ0) is 18.2. The van der Waals surface area contributed by atoms with Gasteiger partial charge < -0.3 is 4.74 Å². The van der Waals surface area contributed by atoms with E-state index in [1.165, 1.54) is 6.07 Å². The van der Waals surface area contributed by atoms with E-state index >= 15 is 0 Å². The molecule has 0 aliphatic carbocycles. The number of hydrogen-bond acceptors (Lipinski definition) is 3. The van der Waals surface area contributed by atoms with Crippen molar-refractivity contribution < 1.29 is 13.9 Å². The van der Waals surface area contributed by atoms with Gasteiger partial charge in [0, 0.05) is 28.9 Å². The number of benzene rings is 1. The molecule has 1 aliphatic heterocycles. The van der Waals surface area contributed by atoms with Crippen LogP contribution in [0.4, 0.5) is 9.18 Å². The Morgan fingerprint density at radius 2 is 2.08 bits per heavy atom. The fraction of sp³-hybridized carbons (Fsp3) is 0.368. The van der Waals surface area contributed by atoms with Crippen molar-refractivity contribution in [1.82, 2.24) is 9.88 Å². The van der Waals surface area contributed by atoms with Gasteiger partial charge in [0.1, 0.15) is 11.4 Å². The smallest absolute Gasteiger partial charge is 0.410 e. The molecule has 132 valence electrons. The first-order valence-corrected chi connectivity index (χ1v) is 8.53. The SMILES string of the molecule is CC(C)(C)OC(=O)N1CCC1c1ccc(-c2ccc(Cl)cc2F)cn1. The molecule has 1 saturated heterocycles. The van der Waals surface area contributed by atoms with E-state index in [1.54, 1.807) is 29.3 Å². The third-order valence-electron chi connectivity index (χ3n) is 4.02. The highest BCUT2D eigenvalue weighted by Gasteiger charge is 2.37. The summed E-state index contributed by atoms with van der Waals surface area (Å²) < 4.78 is 19.4. The van der Waals surface area contributed by atoms with E-state index in [4.69, 9.17) is 16.3 Å². The zero-order valence-electron chi connectivity index (χ0n) is 14.4. The lowest BCUT2D eigenvalue weighted by Gasteiger charge is -2.40. The van der Waals surface area contributed by atoms with Gasteiger partial charge in [0.05, 0.1) is 11.7 Å². The predicted octanol–water partition coefficient (Wildman–Crippen LogP) is 5.22. The Labute approximate surface area is 151 Å². The Morgan fingerprint density at radius 1 is 1.32 bits per heavy atom. The minimum atomic E-state index is -0.527. The number of pyridine rings is 1. The molecule has 0 bridgehead atoms. The highest BCUT2D eigenvalue weighted by atomic mass is 35.5. The van der Waals surface area contributed by atoms with Crippen LogP contribution in [0.2, 0.25) is 5.02 Å². The number of nitrogens with zero attached hydrogens (tertiary/aromatic N) is 2. The van der Waals surface area contributed by atoms with Crippen molar-refractivity contribution in [3.8, 4) is 11.1 Å². The predicted molar refractivity (Wildman–Crippen MR) is 94.9 cm³/mol. The lowest BCUT2D eigenvalue weighted by Crippen LogP contribution is -2.47. The topological polar surface area (TPSA) is 42.4 Å². The van der Waals surface area contributed by atoms with Crippen LogP contribution in [0.3, 0.4) is 0 Å². The highest BCUT2D eigenvalue weighted by molar-refractivity contribution is 6.30. The Kier molecular flexibility index (Phi) is 4.69. The van der Waals surface area contributed by atoms with Crippen molar-refractivity contribution in [3.05, 3.63) is 53.1 Å². The van der Waals surface area contributed by atoms with Gasteiger partial charge in [-0.1, -0.05) is 17.7 Å². The molecule has 0 spiro atoms. The summed E-state index contributed by atoms with van der Waals surface area (Å²) in [5, 5.41) is 0.355. The molecule has 1 fully saturated rings. The van der Waals surface area contributed by atoms with Crippen molar-refractivity contribution in [2.45, 2.75) is 38.8 Å². The number of halogens is 2. The van der Waals surface area contributed by atoms with E-state index in [1.807, 2.05) is 26.8 Å². The lowest BCUT2D eigenvalue weighted by molar-refractivity contribution is -0.00651. The molecule has 1 aromatic heterocycles. The first-order chi connectivity index (χ1) is 11.7. The van der Waals surface area contributed by atoms with Crippen LogP contribution in [0.1, 0.15) is 38.9 Å². The van der Waals surface area contributed by atoms with Crippen molar-refractivity contribution in [2.75, 3.05) is 6.54 Å². The van der Waals surface area contributed by atoms with Gasteiger partial charge in [-0.25, -0.2) is 9.18 Å². The zero-order valence-corrected chi connectivity index (χ0v) is 15.2. The van der Waals surface area contributed by atoms with E-state index in [0.29, 0.717) is 22.7 Å². The Bertz CT molecular complexity index is 787. The van der Waals surface area contributed by atoms with Crippen LogP contribution < -0.4 is 0 Å². The molecule has 2 heterocycles. The Balaban J connectivity index is 1.75. The van der Waals surface area contributed by atoms with Crippen LogP contribution in [0.25, 0.3) is 11.1 Å². The second-order valence-electron chi connectivity index (χ2n) is 7.07. The van der Waals surface area contributed by atoms with Crippen LogP contribution in [0.5, 0.6) is 0 Å². The summed E-state index contributed by atoms with van der Waals surface area (Å²) in [4.78, 5) is 18.3. The van der Waals surface area contributed by atoms with Gasteiger partial charge in [-0.15, -0.1) is 0 Å². The van der Waals surface area contributed by atoms with Gasteiger partial charge in [-0.3, -0.25) is 9.88 Å². The van der Waals surface area contributed by atoms with Crippen LogP contribution in [0.15, 0.2) is 36.5 Å². The molecule has 6 heteroatoms. The summed E-state index contributed by atoms with van der Waals surface area (Å²) in [7, 11) is 0. The van der Waals surface area contributed by atoms with Crippen molar-refractivity contribution >= 4 is 17.7 Å². The number of aromatic nitrogens is 1. The monoisotopic (exact) mass is 362 g/mol. The molecule has 0 N–H and O–H groups in total. The maximum atomic E-state index is 14.0. The molecular formula is C19H20ClFN2O2. The molecule has 1 amide bonds. The summed E-state index contributed by atoms with van der Waals surface area (Å²) in [5.41, 5.74) is 1.36. The fourth-order valence-corrected chi connectivity index (χ4v) is 2.88. The quantitative estimate of drug-likeness (QED) is 0.735. The van der Waals surface area contributed by atoms with Gasteiger partial charge in [0.2, 0.25) is 0 Å². The second-order valence-corrected chi connectivity index (χ2v) is 7.51. The first-order valence-electron chi connectivity index (χ1n) is 8.15. The molecule has 1 unspecified atom stereocenters. The Hall–Kier alpha value is -2.14. The lowest BCUT2D eigenvalue weighted by atomic mass is 9.98. The molecule has 1 atom stereocenters. The molecule has 1 aromatic carbocycles. The van der Waals surface area contributed by atoms with Crippen molar-refractivity contribution in [3.63, 3.8) is 0 Å². The molecule has 1 aliphatic rings. The average Bonchev–Trinajstić information content (AvgIpc) is 2.45. The number of ether oxygens (including phenoxy) is 1. The van der Waals surface area contributed by atoms with Gasteiger partial charge in [-0.05, 0) is 51.5 Å². The van der Waals surface area contributed by atoms with Gasteiger partial charge >= 0.3 is 6.09 Å². The van der Waals surface area contributed by atoms with Crippen LogP contribution in [-0.2, 0) is 4.74 Å². The molecule has 0 saturated carbocycles. The molecule has 4 nitrogen and oxygen atoms in total. The summed E-state index contributed by atoms with van der Waals surface area (Å²) in [5.74, 6) is -0.388. The third kappa shape index (κ3) is 3.93. The summed E-state index contributed by atoms with van der Waals surface area (Å²) in [6, 6.07) is 8.08. The third-order valence-corrected chi connectivity index (χ3v) is 4.25. The number of rotatable bonds is 2. The largest absolute Gasteiger partial charge is 0.444 e. The summed E-state index contributed by atoms with van der Waals surface area (Å²) >= 11 is 5.78. The van der Waals surface area contributed by atoms with Gasteiger partial charge in [0.25, 0.3) is 0 Å². The van der Waals surface area contributed by atoms with Gasteiger partial charge in [-0.2, -0.15) is 0 Å². The maximum Gasteiger partial charge on any atom is 0.410 e. The first kappa shape index (κ1) is 17.7. The Morgan fingerprint density at radius 3 is 2.60 bits per heavy atom. The highest BCUT2D eigenvalue weighted by Crippen LogP contribution is 2.34. The molecule has 3 rings (SSSR count). The molecule has 25 heavy (non-hydrogen) atoms. The minimum Gasteiger partial charge on any atom is -0.444 e. The van der Waals surface area contributed by atoms with Crippen molar-refractivity contribution in [2.24, 2.45) is 0 Å². The molecule has 2 aromatic rings. The maximum absolute atomic E-state index is 14.0. The van der Waals surface area contributed by atoms with E-state index in [-0.39, 0.29) is 18.0 Å². The van der Waals surface area contributed by atoms with E-state index in [0.717, 1.165) is 12.1 Å². The van der Waals surface area contributed by atoms with Crippen LogP contribution >= 0.6 is 11.6 Å². The number of carbonyl (C=O) groups is 1. The number of amides is 1. The summed E-state index contributed by atoms with van der Waals surface area (Å²) in [6.07, 6.45) is 2.12. The number of hydrogen-bond donors (Lipinski definition) is 0. The average molecular weight is 363 g/mol. The van der Waals surface area contributed by atoms with Crippen LogP contribution in [0, 0.1) is 5.82 Å². The minimum absolute atomic E-state index is 0.0982. The van der Waals surface area contributed by atoms with Crippen molar-refractivity contribution in [1.29, 1.82) is 0 Å². The normalized spacial score (nSPS) is 17.2. The van der Waals surface area contributed by atoms with E-state index < -0.39 is 5.60 Å². The second kappa shape index (κ2) is 6.64. The van der Waals surface area contributed by atoms with Gasteiger partial charge in [0.15, 0.2) is 0 Å². The summed E-state index contributed by atoms with van der Waals surface area (Å²) in [6.45, 7) is 6.17. The fourth-order valence-electron chi connectivity index (χ4n) is 2.72. The van der Waals surface area contributed by atoms with E-state index in [2.05, 4.69) is 4.98 Å². The number of likely N-dealkylation sites (tertiary alicyclic amines) is 1. The standard InChI is InChI=1S/C19H20ClFN2O2/c1-19(2,3)25-18(24)23-9-8-17(23)16-7-4-12(11-22-16)14-6-5-13(20)10-15(14)21/h4-7,10-11,17H,8-9H2,1-3H3.